The van der Waals surface area contributed by atoms with Crippen molar-refractivity contribution in [2.75, 3.05) is 19.6 Å². The molecule has 19 heavy (non-hydrogen) atoms. The number of carbonyl (C=O) groups excluding carboxylic acids is 1. The summed E-state index contributed by atoms with van der Waals surface area (Å²) in [6.07, 6.45) is 5.22. The SMILES string of the molecule is CC(C)(C)OC(=O)NCC1CNCC1C1CCCC1. The van der Waals surface area contributed by atoms with Gasteiger partial charge in [0, 0.05) is 6.54 Å². The van der Waals surface area contributed by atoms with Crippen LogP contribution in [0.2, 0.25) is 0 Å². The maximum Gasteiger partial charge on any atom is 0.407 e. The molecular weight excluding hydrogens is 240 g/mol. The lowest BCUT2D eigenvalue weighted by Gasteiger charge is -2.25. The number of nitrogens with one attached hydrogen (secondary N) is 2. The fourth-order valence-electron chi connectivity index (χ4n) is 3.44. The van der Waals surface area contributed by atoms with Gasteiger partial charge in [0.2, 0.25) is 0 Å². The van der Waals surface area contributed by atoms with Crippen molar-refractivity contribution in [3.63, 3.8) is 0 Å². The Morgan fingerprint density at radius 3 is 2.58 bits per heavy atom. The highest BCUT2D eigenvalue weighted by Gasteiger charge is 2.35. The van der Waals surface area contributed by atoms with Gasteiger partial charge >= 0.3 is 6.09 Å². The number of amides is 1. The van der Waals surface area contributed by atoms with Crippen LogP contribution in [-0.4, -0.2) is 31.3 Å². The molecule has 4 heteroatoms. The van der Waals surface area contributed by atoms with E-state index in [-0.39, 0.29) is 6.09 Å². The molecule has 1 aliphatic carbocycles. The molecule has 2 atom stereocenters. The Labute approximate surface area is 116 Å². The lowest BCUT2D eigenvalue weighted by Crippen LogP contribution is -2.37. The lowest BCUT2D eigenvalue weighted by atomic mass is 9.83. The minimum absolute atomic E-state index is 0.287. The largest absolute Gasteiger partial charge is 0.444 e. The van der Waals surface area contributed by atoms with Crippen LogP contribution in [-0.2, 0) is 4.74 Å². The molecular formula is C15H28N2O2. The van der Waals surface area contributed by atoms with E-state index in [1.807, 2.05) is 20.8 Å². The first kappa shape index (κ1) is 14.6. The van der Waals surface area contributed by atoms with E-state index >= 15 is 0 Å². The van der Waals surface area contributed by atoms with Gasteiger partial charge in [-0.1, -0.05) is 25.7 Å². The smallest absolute Gasteiger partial charge is 0.407 e. The van der Waals surface area contributed by atoms with Crippen molar-refractivity contribution >= 4 is 6.09 Å². The molecule has 110 valence electrons. The van der Waals surface area contributed by atoms with Gasteiger partial charge in [-0.25, -0.2) is 4.79 Å². The van der Waals surface area contributed by atoms with Crippen LogP contribution in [0.3, 0.4) is 0 Å². The van der Waals surface area contributed by atoms with Crippen LogP contribution in [0.4, 0.5) is 4.79 Å². The van der Waals surface area contributed by atoms with Gasteiger partial charge in [-0.05, 0) is 51.6 Å². The molecule has 0 aromatic rings. The molecule has 1 saturated carbocycles. The zero-order valence-corrected chi connectivity index (χ0v) is 12.5. The summed E-state index contributed by atoms with van der Waals surface area (Å²) in [4.78, 5) is 11.7. The summed E-state index contributed by atoms with van der Waals surface area (Å²) in [5, 5.41) is 6.41. The average Bonchev–Trinajstić information content (AvgIpc) is 2.94. The van der Waals surface area contributed by atoms with Gasteiger partial charge in [0.05, 0.1) is 0 Å². The number of alkyl carbamates (subject to hydrolysis) is 1. The van der Waals surface area contributed by atoms with Gasteiger partial charge in [0.25, 0.3) is 0 Å². The first-order valence-electron chi connectivity index (χ1n) is 7.63. The van der Waals surface area contributed by atoms with Crippen molar-refractivity contribution in [3.05, 3.63) is 0 Å². The van der Waals surface area contributed by atoms with E-state index in [4.69, 9.17) is 4.74 Å². The van der Waals surface area contributed by atoms with Crippen LogP contribution < -0.4 is 10.6 Å². The maximum atomic E-state index is 11.7. The van der Waals surface area contributed by atoms with Gasteiger partial charge in [0.1, 0.15) is 5.60 Å². The molecule has 0 aromatic heterocycles. The van der Waals surface area contributed by atoms with Gasteiger partial charge in [-0.3, -0.25) is 0 Å². The Morgan fingerprint density at radius 2 is 1.95 bits per heavy atom. The number of rotatable bonds is 3. The Kier molecular flexibility index (Phi) is 4.71. The molecule has 0 spiro atoms. The number of ether oxygens (including phenoxy) is 1. The molecule has 1 heterocycles. The van der Waals surface area contributed by atoms with E-state index in [0.29, 0.717) is 5.92 Å². The summed E-state index contributed by atoms with van der Waals surface area (Å²) in [6, 6.07) is 0. The predicted octanol–water partition coefficient (Wildman–Crippen LogP) is 2.54. The molecule has 1 aliphatic heterocycles. The Hall–Kier alpha value is -0.770. The van der Waals surface area contributed by atoms with E-state index in [1.54, 1.807) is 0 Å². The molecule has 2 unspecified atom stereocenters. The molecule has 0 radical (unpaired) electrons. The van der Waals surface area contributed by atoms with Crippen LogP contribution in [0.5, 0.6) is 0 Å². The zero-order chi connectivity index (χ0) is 13.9. The highest BCUT2D eigenvalue weighted by Crippen LogP contribution is 2.36. The Morgan fingerprint density at radius 1 is 1.26 bits per heavy atom. The monoisotopic (exact) mass is 268 g/mol. The third-order valence-electron chi connectivity index (χ3n) is 4.30. The van der Waals surface area contributed by atoms with Gasteiger partial charge in [-0.15, -0.1) is 0 Å². The quantitative estimate of drug-likeness (QED) is 0.827. The van der Waals surface area contributed by atoms with Crippen LogP contribution in [0, 0.1) is 17.8 Å². The zero-order valence-electron chi connectivity index (χ0n) is 12.5. The van der Waals surface area contributed by atoms with E-state index in [1.165, 1.54) is 25.7 Å². The van der Waals surface area contributed by atoms with Gasteiger partial charge < -0.3 is 15.4 Å². The third-order valence-corrected chi connectivity index (χ3v) is 4.30. The standard InChI is InChI=1S/C15H28N2O2/c1-15(2,3)19-14(18)17-9-12-8-16-10-13(12)11-6-4-5-7-11/h11-13,16H,4-10H2,1-3H3,(H,17,18). The van der Waals surface area contributed by atoms with Crippen molar-refractivity contribution in [2.45, 2.75) is 52.1 Å². The first-order valence-corrected chi connectivity index (χ1v) is 7.63. The van der Waals surface area contributed by atoms with Crippen LogP contribution in [0.15, 0.2) is 0 Å². The number of carbonyl (C=O) groups is 1. The van der Waals surface area contributed by atoms with E-state index in [2.05, 4.69) is 10.6 Å². The minimum atomic E-state index is -0.414. The molecule has 1 amide bonds. The topological polar surface area (TPSA) is 50.4 Å². The normalized spacial score (nSPS) is 28.6. The number of hydrogen-bond donors (Lipinski definition) is 2. The summed E-state index contributed by atoms with van der Waals surface area (Å²) < 4.78 is 5.29. The molecule has 0 bridgehead atoms. The fraction of sp³-hybridized carbons (Fsp3) is 0.933. The first-order chi connectivity index (χ1) is 8.96. The molecule has 2 fully saturated rings. The van der Waals surface area contributed by atoms with Crippen LogP contribution >= 0.6 is 0 Å². The van der Waals surface area contributed by atoms with E-state index in [0.717, 1.165) is 31.5 Å². The summed E-state index contributed by atoms with van der Waals surface area (Å²) >= 11 is 0. The molecule has 0 aromatic carbocycles. The van der Waals surface area contributed by atoms with Crippen molar-refractivity contribution in [1.82, 2.24) is 10.6 Å². The minimum Gasteiger partial charge on any atom is -0.444 e. The van der Waals surface area contributed by atoms with Gasteiger partial charge in [-0.2, -0.15) is 0 Å². The summed E-state index contributed by atoms with van der Waals surface area (Å²) in [5.74, 6) is 2.16. The van der Waals surface area contributed by atoms with Gasteiger partial charge in [0.15, 0.2) is 0 Å². The summed E-state index contributed by atoms with van der Waals surface area (Å²) in [5.41, 5.74) is -0.414. The van der Waals surface area contributed by atoms with E-state index in [9.17, 15) is 4.79 Å². The fourth-order valence-corrected chi connectivity index (χ4v) is 3.44. The molecule has 1 saturated heterocycles. The Balaban J connectivity index is 1.76. The molecule has 2 rings (SSSR count). The van der Waals surface area contributed by atoms with Crippen molar-refractivity contribution in [2.24, 2.45) is 17.8 Å². The highest BCUT2D eigenvalue weighted by molar-refractivity contribution is 5.67. The summed E-state index contributed by atoms with van der Waals surface area (Å²) in [6.45, 7) is 8.56. The third kappa shape index (κ3) is 4.37. The van der Waals surface area contributed by atoms with Crippen LogP contribution in [0.1, 0.15) is 46.5 Å². The Bertz CT molecular complexity index is 306. The predicted molar refractivity (Wildman–Crippen MR) is 76.0 cm³/mol. The molecule has 2 N–H and O–H groups in total. The maximum absolute atomic E-state index is 11.7. The average molecular weight is 268 g/mol. The highest BCUT2D eigenvalue weighted by atomic mass is 16.6. The second-order valence-corrected chi connectivity index (χ2v) is 7.01. The second kappa shape index (κ2) is 6.12. The van der Waals surface area contributed by atoms with Crippen molar-refractivity contribution in [3.8, 4) is 0 Å². The number of hydrogen-bond acceptors (Lipinski definition) is 3. The molecule has 2 aliphatic rings. The van der Waals surface area contributed by atoms with Crippen molar-refractivity contribution in [1.29, 1.82) is 0 Å². The molecule has 4 nitrogen and oxygen atoms in total. The van der Waals surface area contributed by atoms with E-state index < -0.39 is 5.60 Å². The second-order valence-electron chi connectivity index (χ2n) is 7.01. The summed E-state index contributed by atoms with van der Waals surface area (Å²) in [7, 11) is 0. The lowest BCUT2D eigenvalue weighted by molar-refractivity contribution is 0.0514. The van der Waals surface area contributed by atoms with Crippen LogP contribution in [0.25, 0.3) is 0 Å². The van der Waals surface area contributed by atoms with Crippen molar-refractivity contribution < 1.29 is 9.53 Å².